The molecule has 4 nitrogen and oxygen atoms in total. The second kappa shape index (κ2) is 5.87. The Kier molecular flexibility index (Phi) is 4.64. The summed E-state index contributed by atoms with van der Waals surface area (Å²) in [7, 11) is 1.82. The first-order valence-corrected chi connectivity index (χ1v) is 7.23. The van der Waals surface area contributed by atoms with Crippen LogP contribution in [0, 0.1) is 0 Å². The van der Waals surface area contributed by atoms with E-state index in [-0.39, 0.29) is 5.54 Å². The van der Waals surface area contributed by atoms with Crippen LogP contribution in [0.15, 0.2) is 0 Å². The molecule has 0 aromatic carbocycles. The fourth-order valence-electron chi connectivity index (χ4n) is 3.77. The van der Waals surface area contributed by atoms with Gasteiger partial charge in [0.1, 0.15) is 0 Å². The molecule has 0 amide bonds. The van der Waals surface area contributed by atoms with Crippen molar-refractivity contribution in [2.75, 3.05) is 26.7 Å². The number of piperidine rings is 1. The van der Waals surface area contributed by atoms with Crippen molar-refractivity contribution in [3.05, 3.63) is 0 Å². The van der Waals surface area contributed by atoms with Crippen molar-refractivity contribution >= 4 is 0 Å². The fourth-order valence-corrected chi connectivity index (χ4v) is 3.77. The predicted octanol–water partition coefficient (Wildman–Crippen LogP) is 1.38. The zero-order chi connectivity index (χ0) is 13.2. The molecular formula is C14H28N2O2. The number of hydrogen-bond donors (Lipinski definition) is 1. The largest absolute Gasteiger partial charge is 0.381 e. The number of nitrogens with two attached hydrogens (primary N) is 1. The zero-order valence-electron chi connectivity index (χ0n) is 12.0. The number of methoxy groups -OCH3 is 1. The summed E-state index contributed by atoms with van der Waals surface area (Å²) in [5.41, 5.74) is 6.28. The van der Waals surface area contributed by atoms with E-state index in [1.807, 2.05) is 7.11 Å². The van der Waals surface area contributed by atoms with E-state index in [1.54, 1.807) is 0 Å². The molecule has 2 unspecified atom stereocenters. The van der Waals surface area contributed by atoms with Crippen LogP contribution < -0.4 is 5.73 Å². The highest BCUT2D eigenvalue weighted by Crippen LogP contribution is 2.35. The van der Waals surface area contributed by atoms with E-state index in [0.29, 0.717) is 18.3 Å². The van der Waals surface area contributed by atoms with Crippen molar-refractivity contribution in [3.63, 3.8) is 0 Å². The molecule has 18 heavy (non-hydrogen) atoms. The normalized spacial score (nSPS) is 40.0. The van der Waals surface area contributed by atoms with Crippen molar-refractivity contribution in [2.24, 2.45) is 5.73 Å². The van der Waals surface area contributed by atoms with Crippen molar-refractivity contribution in [3.8, 4) is 0 Å². The monoisotopic (exact) mass is 256 g/mol. The first-order valence-electron chi connectivity index (χ1n) is 7.23. The Morgan fingerprint density at radius 3 is 2.22 bits per heavy atom. The van der Waals surface area contributed by atoms with Gasteiger partial charge in [-0.3, -0.25) is 4.90 Å². The predicted molar refractivity (Wildman–Crippen MR) is 72.6 cm³/mol. The lowest BCUT2D eigenvalue weighted by molar-refractivity contribution is -0.113. The Morgan fingerprint density at radius 1 is 1.22 bits per heavy atom. The van der Waals surface area contributed by atoms with Gasteiger partial charge >= 0.3 is 0 Å². The summed E-state index contributed by atoms with van der Waals surface area (Å²) in [6.45, 7) is 7.29. The van der Waals surface area contributed by atoms with Crippen molar-refractivity contribution < 1.29 is 9.47 Å². The minimum Gasteiger partial charge on any atom is -0.381 e. The summed E-state index contributed by atoms with van der Waals surface area (Å²) >= 11 is 0. The summed E-state index contributed by atoms with van der Waals surface area (Å²) in [6.07, 6.45) is 5.45. The second-order valence-electron chi connectivity index (χ2n) is 6.02. The van der Waals surface area contributed by atoms with Gasteiger partial charge in [0.05, 0.1) is 18.3 Å². The first kappa shape index (κ1) is 14.3. The molecule has 2 aliphatic heterocycles. The third-order valence-electron chi connectivity index (χ3n) is 4.63. The lowest BCUT2D eigenvalue weighted by atomic mass is 9.81. The van der Waals surface area contributed by atoms with Crippen LogP contribution in [0.5, 0.6) is 0 Å². The van der Waals surface area contributed by atoms with E-state index in [9.17, 15) is 0 Å². The van der Waals surface area contributed by atoms with Crippen LogP contribution >= 0.6 is 0 Å². The molecule has 2 aliphatic rings. The van der Waals surface area contributed by atoms with Gasteiger partial charge in [-0.15, -0.1) is 0 Å². The number of likely N-dealkylation sites (tertiary alicyclic amines) is 1. The Balaban J connectivity index is 2.03. The van der Waals surface area contributed by atoms with Crippen LogP contribution in [-0.2, 0) is 9.47 Å². The highest BCUT2D eigenvalue weighted by atomic mass is 16.5. The Morgan fingerprint density at radius 2 is 1.78 bits per heavy atom. The lowest BCUT2D eigenvalue weighted by Crippen LogP contribution is -2.61. The molecule has 2 heterocycles. The molecule has 0 radical (unpaired) electrons. The average Bonchev–Trinajstić information content (AvgIpc) is 2.37. The SMILES string of the molecule is COC1CCN(C2(CN)CC(C)OC(C)C2)CC1. The van der Waals surface area contributed by atoms with Gasteiger partial charge in [-0.2, -0.15) is 0 Å². The minimum atomic E-state index is 0.149. The van der Waals surface area contributed by atoms with Gasteiger partial charge in [-0.1, -0.05) is 0 Å². The highest BCUT2D eigenvalue weighted by Gasteiger charge is 2.43. The summed E-state index contributed by atoms with van der Waals surface area (Å²) in [4.78, 5) is 2.60. The van der Waals surface area contributed by atoms with Gasteiger partial charge in [-0.05, 0) is 39.5 Å². The Bertz CT molecular complexity index is 255. The molecule has 0 saturated carbocycles. The maximum Gasteiger partial charge on any atom is 0.0595 e. The van der Waals surface area contributed by atoms with Crippen LogP contribution in [0.4, 0.5) is 0 Å². The van der Waals surface area contributed by atoms with E-state index in [2.05, 4.69) is 18.7 Å². The topological polar surface area (TPSA) is 47.7 Å². The molecule has 2 atom stereocenters. The molecule has 2 N–H and O–H groups in total. The molecule has 4 heteroatoms. The van der Waals surface area contributed by atoms with Gasteiger partial charge < -0.3 is 15.2 Å². The summed E-state index contributed by atoms with van der Waals surface area (Å²) in [5.74, 6) is 0. The highest BCUT2D eigenvalue weighted by molar-refractivity contribution is 4.99. The van der Waals surface area contributed by atoms with E-state index in [0.717, 1.165) is 45.3 Å². The number of nitrogens with zero attached hydrogens (tertiary/aromatic N) is 1. The van der Waals surface area contributed by atoms with Crippen LogP contribution in [-0.4, -0.2) is 55.5 Å². The third-order valence-corrected chi connectivity index (χ3v) is 4.63. The van der Waals surface area contributed by atoms with Gasteiger partial charge in [0.25, 0.3) is 0 Å². The molecule has 2 rings (SSSR count). The van der Waals surface area contributed by atoms with Gasteiger partial charge in [0.15, 0.2) is 0 Å². The van der Waals surface area contributed by atoms with Crippen LogP contribution in [0.25, 0.3) is 0 Å². The second-order valence-corrected chi connectivity index (χ2v) is 6.02. The lowest BCUT2D eigenvalue weighted by Gasteiger charge is -2.51. The molecule has 0 bridgehead atoms. The van der Waals surface area contributed by atoms with Gasteiger partial charge in [0.2, 0.25) is 0 Å². The quantitative estimate of drug-likeness (QED) is 0.829. The zero-order valence-corrected chi connectivity index (χ0v) is 12.0. The van der Waals surface area contributed by atoms with E-state index < -0.39 is 0 Å². The summed E-state index contributed by atoms with van der Waals surface area (Å²) in [6, 6.07) is 0. The molecule has 2 saturated heterocycles. The van der Waals surface area contributed by atoms with E-state index in [4.69, 9.17) is 15.2 Å². The number of rotatable bonds is 3. The number of ether oxygens (including phenoxy) is 2. The molecule has 0 aromatic heterocycles. The van der Waals surface area contributed by atoms with Crippen molar-refractivity contribution in [1.82, 2.24) is 4.90 Å². The Hall–Kier alpha value is -0.160. The molecule has 0 spiro atoms. The van der Waals surface area contributed by atoms with E-state index in [1.165, 1.54) is 0 Å². The molecular weight excluding hydrogens is 228 g/mol. The summed E-state index contributed by atoms with van der Waals surface area (Å²) in [5, 5.41) is 0. The standard InChI is InChI=1S/C14H28N2O2/c1-11-8-14(10-15,9-12(2)18-11)16-6-4-13(17-3)5-7-16/h11-13H,4-10,15H2,1-3H3. The first-order chi connectivity index (χ1) is 8.59. The van der Waals surface area contributed by atoms with Crippen molar-refractivity contribution in [1.29, 1.82) is 0 Å². The smallest absolute Gasteiger partial charge is 0.0595 e. The maximum atomic E-state index is 6.13. The maximum absolute atomic E-state index is 6.13. The average molecular weight is 256 g/mol. The molecule has 2 fully saturated rings. The fraction of sp³-hybridized carbons (Fsp3) is 1.00. The van der Waals surface area contributed by atoms with Gasteiger partial charge in [-0.25, -0.2) is 0 Å². The molecule has 0 aliphatic carbocycles. The van der Waals surface area contributed by atoms with Crippen LogP contribution in [0.2, 0.25) is 0 Å². The summed E-state index contributed by atoms with van der Waals surface area (Å²) < 4.78 is 11.3. The third kappa shape index (κ3) is 2.87. The molecule has 106 valence electrons. The van der Waals surface area contributed by atoms with Crippen LogP contribution in [0.3, 0.4) is 0 Å². The van der Waals surface area contributed by atoms with Crippen molar-refractivity contribution in [2.45, 2.75) is 63.4 Å². The van der Waals surface area contributed by atoms with Gasteiger partial charge in [0, 0.05) is 32.3 Å². The number of hydrogen-bond acceptors (Lipinski definition) is 4. The minimum absolute atomic E-state index is 0.149. The Labute approximate surface area is 111 Å². The van der Waals surface area contributed by atoms with Crippen LogP contribution in [0.1, 0.15) is 39.5 Å². The molecule has 0 aromatic rings. The van der Waals surface area contributed by atoms with E-state index >= 15 is 0 Å².